The summed E-state index contributed by atoms with van der Waals surface area (Å²) >= 11 is 3.00. The third-order valence-electron chi connectivity index (χ3n) is 1.87. The van der Waals surface area contributed by atoms with Gasteiger partial charge in [0, 0.05) is 16.2 Å². The van der Waals surface area contributed by atoms with Gasteiger partial charge in [-0.1, -0.05) is 0 Å². The zero-order valence-electron chi connectivity index (χ0n) is 7.99. The van der Waals surface area contributed by atoms with Crippen LogP contribution in [0.1, 0.15) is 0 Å². The van der Waals surface area contributed by atoms with Crippen molar-refractivity contribution in [2.75, 3.05) is 0 Å². The number of H-pyrrole nitrogens is 1. The molecule has 1 N–H and O–H groups in total. The summed E-state index contributed by atoms with van der Waals surface area (Å²) < 4.78 is 35.1. The highest BCUT2D eigenvalue weighted by atomic mass is 79.9. The van der Waals surface area contributed by atoms with Crippen molar-refractivity contribution in [2.45, 2.75) is 5.16 Å². The lowest BCUT2D eigenvalue weighted by Crippen LogP contribution is -1.92. The van der Waals surface area contributed by atoms with Crippen LogP contribution in [0.15, 0.2) is 27.8 Å². The first-order chi connectivity index (χ1) is 7.88. The van der Waals surface area contributed by atoms with Gasteiger partial charge in [-0.05, 0) is 34.1 Å². The molecule has 0 radical (unpaired) electrons. The minimum absolute atomic E-state index is 0.116. The Balaban J connectivity index is 2.47. The Hall–Kier alpha value is -0.990. The molecule has 0 fully saturated rings. The largest absolute Gasteiger partial charge is 0.296 e. The molecular weight excluding hydrogens is 337 g/mol. The number of rotatable bonds is 2. The number of halogens is 3. The molecule has 90 valence electrons. The van der Waals surface area contributed by atoms with Crippen molar-refractivity contribution < 1.29 is 12.8 Å². The first-order valence-electron chi connectivity index (χ1n) is 4.20. The van der Waals surface area contributed by atoms with E-state index in [2.05, 4.69) is 31.1 Å². The molecule has 5 nitrogen and oxygen atoms in total. The maximum Gasteiger partial charge on any atom is 0.296 e. The molecule has 2 rings (SSSR count). The Labute approximate surface area is 109 Å². The third kappa shape index (κ3) is 2.64. The zero-order chi connectivity index (χ0) is 12.6. The van der Waals surface area contributed by atoms with Crippen LogP contribution < -0.4 is 0 Å². The molecule has 0 unspecified atom stereocenters. The Morgan fingerprint density at radius 1 is 1.41 bits per heavy atom. The number of benzene rings is 1. The fraction of sp³-hybridized carbons (Fsp3) is 0. The highest BCUT2D eigenvalue weighted by molar-refractivity contribution is 9.10. The lowest BCUT2D eigenvalue weighted by atomic mass is 10.2. The molecular formula is C8H4BrClFN3O2S. The Morgan fingerprint density at radius 2 is 2.12 bits per heavy atom. The number of hydrogen-bond donors (Lipinski definition) is 1. The van der Waals surface area contributed by atoms with E-state index in [-0.39, 0.29) is 10.3 Å². The number of nitrogens with one attached hydrogen (secondary N) is 1. The number of nitrogens with zero attached hydrogens (tertiary/aromatic N) is 2. The molecule has 1 aromatic carbocycles. The molecule has 1 heterocycles. The van der Waals surface area contributed by atoms with Crippen LogP contribution in [-0.4, -0.2) is 23.6 Å². The fourth-order valence-corrected chi connectivity index (χ4v) is 2.06. The second kappa shape index (κ2) is 4.35. The monoisotopic (exact) mass is 339 g/mol. The van der Waals surface area contributed by atoms with Crippen molar-refractivity contribution in [3.05, 3.63) is 28.5 Å². The maximum absolute atomic E-state index is 13.0. The molecule has 0 aliphatic rings. The number of aromatic amines is 1. The van der Waals surface area contributed by atoms with Crippen LogP contribution in [0.3, 0.4) is 0 Å². The van der Waals surface area contributed by atoms with Crippen LogP contribution in [-0.2, 0) is 9.05 Å². The number of hydrogen-bond acceptors (Lipinski definition) is 4. The van der Waals surface area contributed by atoms with E-state index in [1.54, 1.807) is 0 Å². The predicted octanol–water partition coefficient (Wildman–Crippen LogP) is 2.30. The smallest absolute Gasteiger partial charge is 0.248 e. The van der Waals surface area contributed by atoms with Crippen molar-refractivity contribution in [3.63, 3.8) is 0 Å². The van der Waals surface area contributed by atoms with E-state index in [4.69, 9.17) is 10.7 Å². The average Bonchev–Trinajstić information content (AvgIpc) is 2.70. The molecule has 1 aromatic heterocycles. The highest BCUT2D eigenvalue weighted by Crippen LogP contribution is 2.23. The normalized spacial score (nSPS) is 11.7. The van der Waals surface area contributed by atoms with Crippen LogP contribution in [0, 0.1) is 5.82 Å². The molecule has 0 aliphatic heterocycles. The second-order valence-electron chi connectivity index (χ2n) is 3.03. The SMILES string of the molecule is O=S(=O)(Cl)c1nc(-c2ccc(F)c(Br)c2)n[nH]1. The summed E-state index contributed by atoms with van der Waals surface area (Å²) in [5.41, 5.74) is 0.459. The summed E-state index contributed by atoms with van der Waals surface area (Å²) in [7, 11) is 1.13. The molecule has 0 saturated carbocycles. The molecule has 17 heavy (non-hydrogen) atoms. The Morgan fingerprint density at radius 3 is 2.65 bits per heavy atom. The van der Waals surface area contributed by atoms with Gasteiger partial charge < -0.3 is 0 Å². The summed E-state index contributed by atoms with van der Waals surface area (Å²) in [6, 6.07) is 4.07. The Bertz CT molecular complexity index is 673. The van der Waals surface area contributed by atoms with Gasteiger partial charge in [-0.2, -0.15) is 10.1 Å². The lowest BCUT2D eigenvalue weighted by Gasteiger charge is -1.97. The van der Waals surface area contributed by atoms with E-state index in [0.29, 0.717) is 5.56 Å². The van der Waals surface area contributed by atoms with E-state index in [1.165, 1.54) is 18.2 Å². The minimum atomic E-state index is -3.95. The minimum Gasteiger partial charge on any atom is -0.248 e. The second-order valence-corrected chi connectivity index (χ2v) is 6.37. The first-order valence-corrected chi connectivity index (χ1v) is 7.30. The fourth-order valence-electron chi connectivity index (χ4n) is 1.12. The van der Waals surface area contributed by atoms with Crippen molar-refractivity contribution in [1.29, 1.82) is 0 Å². The molecule has 0 bridgehead atoms. The molecule has 0 spiro atoms. The van der Waals surface area contributed by atoms with Gasteiger partial charge in [0.05, 0.1) is 4.47 Å². The zero-order valence-corrected chi connectivity index (χ0v) is 11.1. The van der Waals surface area contributed by atoms with Gasteiger partial charge >= 0.3 is 0 Å². The van der Waals surface area contributed by atoms with E-state index in [1.807, 2.05) is 0 Å². The van der Waals surface area contributed by atoms with E-state index in [0.717, 1.165) is 0 Å². The summed E-state index contributed by atoms with van der Waals surface area (Å²) in [5.74, 6) is -0.320. The average molecular weight is 341 g/mol. The van der Waals surface area contributed by atoms with Crippen molar-refractivity contribution >= 4 is 35.7 Å². The molecule has 2 aromatic rings. The van der Waals surface area contributed by atoms with Crippen molar-refractivity contribution in [2.24, 2.45) is 0 Å². The number of aromatic nitrogens is 3. The summed E-state index contributed by atoms with van der Waals surface area (Å²) in [6.45, 7) is 0. The van der Waals surface area contributed by atoms with Crippen molar-refractivity contribution in [1.82, 2.24) is 15.2 Å². The molecule has 9 heteroatoms. The van der Waals surface area contributed by atoms with Crippen molar-refractivity contribution in [3.8, 4) is 11.4 Å². The topological polar surface area (TPSA) is 75.7 Å². The van der Waals surface area contributed by atoms with E-state index >= 15 is 0 Å². The third-order valence-corrected chi connectivity index (χ3v) is 3.56. The molecule has 0 amide bonds. The predicted molar refractivity (Wildman–Crippen MR) is 62.5 cm³/mol. The standard InChI is InChI=1S/C8H4BrClFN3O2S/c9-5-3-4(1-2-6(5)11)7-12-8(14-13-7)17(10,15)16/h1-3H,(H,12,13,14). The van der Waals surface area contributed by atoms with Gasteiger partial charge in [-0.25, -0.2) is 17.9 Å². The highest BCUT2D eigenvalue weighted by Gasteiger charge is 2.17. The van der Waals surface area contributed by atoms with Gasteiger partial charge in [0.2, 0.25) is 0 Å². The lowest BCUT2D eigenvalue weighted by molar-refractivity contribution is 0.602. The van der Waals surface area contributed by atoms with Crippen LogP contribution in [0.25, 0.3) is 11.4 Å². The van der Waals surface area contributed by atoms with Gasteiger partial charge in [-0.3, -0.25) is 0 Å². The Kier molecular flexibility index (Phi) is 3.19. The van der Waals surface area contributed by atoms with Gasteiger partial charge in [0.15, 0.2) is 5.82 Å². The van der Waals surface area contributed by atoms with Crippen LogP contribution >= 0.6 is 26.6 Å². The summed E-state index contributed by atoms with van der Waals surface area (Å²) in [4.78, 5) is 3.69. The maximum atomic E-state index is 13.0. The summed E-state index contributed by atoms with van der Waals surface area (Å²) in [5, 5.41) is 5.42. The molecule has 0 aliphatic carbocycles. The van der Waals surface area contributed by atoms with Crippen LogP contribution in [0.4, 0.5) is 4.39 Å². The van der Waals surface area contributed by atoms with Gasteiger partial charge in [0.25, 0.3) is 14.2 Å². The van der Waals surface area contributed by atoms with Crippen LogP contribution in [0.2, 0.25) is 0 Å². The quantitative estimate of drug-likeness (QED) is 0.851. The molecule has 0 atom stereocenters. The van der Waals surface area contributed by atoms with E-state index < -0.39 is 20.0 Å². The summed E-state index contributed by atoms with van der Waals surface area (Å²) in [6.07, 6.45) is 0. The first kappa shape index (κ1) is 12.5. The van der Waals surface area contributed by atoms with E-state index in [9.17, 15) is 12.8 Å². The van der Waals surface area contributed by atoms with Gasteiger partial charge in [-0.15, -0.1) is 0 Å². The van der Waals surface area contributed by atoms with Crippen LogP contribution in [0.5, 0.6) is 0 Å². The molecule has 0 saturated heterocycles. The van der Waals surface area contributed by atoms with Gasteiger partial charge in [0.1, 0.15) is 5.82 Å².